The highest BCUT2D eigenvalue weighted by molar-refractivity contribution is 7.89. The topological polar surface area (TPSA) is 70.8 Å². The first-order valence-electron chi connectivity index (χ1n) is 9.46. The molecule has 0 spiro atoms. The summed E-state index contributed by atoms with van der Waals surface area (Å²) in [4.78, 5) is 14.3. The molecule has 0 saturated carbocycles. The molecule has 4 rings (SSSR count). The van der Waals surface area contributed by atoms with Gasteiger partial charge in [-0.3, -0.25) is 4.79 Å². The zero-order chi connectivity index (χ0) is 20.4. The average Bonchev–Trinajstić information content (AvgIpc) is 3.17. The van der Waals surface area contributed by atoms with Gasteiger partial charge in [0.05, 0.1) is 4.90 Å². The van der Waals surface area contributed by atoms with Gasteiger partial charge in [-0.25, -0.2) is 8.42 Å². The van der Waals surface area contributed by atoms with Gasteiger partial charge in [0, 0.05) is 32.3 Å². The number of carbonyl (C=O) groups excluding carboxylic acids is 1. The summed E-state index contributed by atoms with van der Waals surface area (Å²) >= 11 is 0. The predicted octanol–water partition coefficient (Wildman–Crippen LogP) is 3.29. The van der Waals surface area contributed by atoms with Crippen molar-refractivity contribution in [3.8, 4) is 0 Å². The Morgan fingerprint density at radius 2 is 1.69 bits per heavy atom. The number of benzene rings is 2. The Kier molecular flexibility index (Phi) is 5.25. The minimum atomic E-state index is -3.59. The summed E-state index contributed by atoms with van der Waals surface area (Å²) in [6.45, 7) is 3.10. The second-order valence-corrected chi connectivity index (χ2v) is 8.96. The van der Waals surface area contributed by atoms with Gasteiger partial charge in [-0.1, -0.05) is 30.3 Å². The summed E-state index contributed by atoms with van der Waals surface area (Å²) in [5, 5.41) is 1.89. The van der Waals surface area contributed by atoms with Crippen LogP contribution < -0.4 is 0 Å². The first-order valence-corrected chi connectivity index (χ1v) is 10.9. The highest BCUT2D eigenvalue weighted by atomic mass is 32.2. The number of nitrogens with zero attached hydrogens (tertiary/aromatic N) is 2. The zero-order valence-electron chi connectivity index (χ0n) is 16.1. The maximum atomic E-state index is 13.0. The monoisotopic (exact) mass is 410 g/mol. The van der Waals surface area contributed by atoms with Crippen LogP contribution in [0.1, 0.15) is 11.5 Å². The van der Waals surface area contributed by atoms with Crippen molar-refractivity contribution in [2.75, 3.05) is 26.2 Å². The Labute approximate surface area is 170 Å². The number of piperazine rings is 1. The van der Waals surface area contributed by atoms with Crippen molar-refractivity contribution >= 4 is 32.8 Å². The molecule has 0 N–H and O–H groups in total. The molecule has 0 unspecified atom stereocenters. The van der Waals surface area contributed by atoms with Crippen LogP contribution in [0, 0.1) is 6.92 Å². The Hall–Kier alpha value is -2.90. The molecule has 2 heterocycles. The van der Waals surface area contributed by atoms with Gasteiger partial charge in [-0.05, 0) is 48.0 Å². The molecular formula is C22H22N2O4S. The van der Waals surface area contributed by atoms with Gasteiger partial charge in [0.25, 0.3) is 0 Å². The van der Waals surface area contributed by atoms with Crippen molar-refractivity contribution in [1.29, 1.82) is 0 Å². The molecule has 1 aliphatic rings. The average molecular weight is 410 g/mol. The highest BCUT2D eigenvalue weighted by Gasteiger charge is 2.29. The maximum Gasteiger partial charge on any atom is 0.246 e. The zero-order valence-corrected chi connectivity index (χ0v) is 16.9. The Bertz CT molecular complexity index is 1170. The maximum absolute atomic E-state index is 13.0. The number of furan rings is 1. The molecule has 150 valence electrons. The van der Waals surface area contributed by atoms with Gasteiger partial charge in [0.15, 0.2) is 0 Å². The predicted molar refractivity (Wildman–Crippen MR) is 112 cm³/mol. The van der Waals surface area contributed by atoms with Crippen molar-refractivity contribution in [2.24, 2.45) is 0 Å². The van der Waals surface area contributed by atoms with E-state index in [1.165, 1.54) is 10.4 Å². The van der Waals surface area contributed by atoms with E-state index >= 15 is 0 Å². The number of rotatable bonds is 4. The van der Waals surface area contributed by atoms with Gasteiger partial charge in [-0.15, -0.1) is 0 Å². The number of hydrogen-bond acceptors (Lipinski definition) is 4. The lowest BCUT2D eigenvalue weighted by Crippen LogP contribution is -2.50. The quantitative estimate of drug-likeness (QED) is 0.619. The van der Waals surface area contributed by atoms with Crippen molar-refractivity contribution in [3.63, 3.8) is 0 Å². The minimum absolute atomic E-state index is 0.151. The minimum Gasteiger partial charge on any atom is -0.462 e. The Balaban J connectivity index is 1.42. The molecule has 0 atom stereocenters. The van der Waals surface area contributed by atoms with Crippen molar-refractivity contribution < 1.29 is 17.6 Å². The molecule has 1 fully saturated rings. The lowest BCUT2D eigenvalue weighted by Gasteiger charge is -2.33. The molecule has 0 aliphatic carbocycles. The third-order valence-corrected chi connectivity index (χ3v) is 6.95. The normalized spacial score (nSPS) is 16.0. The van der Waals surface area contributed by atoms with Gasteiger partial charge in [-0.2, -0.15) is 4.31 Å². The van der Waals surface area contributed by atoms with E-state index in [2.05, 4.69) is 0 Å². The van der Waals surface area contributed by atoms with Gasteiger partial charge < -0.3 is 9.32 Å². The first kappa shape index (κ1) is 19.4. The Morgan fingerprint density at radius 1 is 0.966 bits per heavy atom. The smallest absolute Gasteiger partial charge is 0.246 e. The van der Waals surface area contributed by atoms with Gasteiger partial charge in [0.2, 0.25) is 15.9 Å². The van der Waals surface area contributed by atoms with Crippen LogP contribution in [-0.2, 0) is 14.8 Å². The van der Waals surface area contributed by atoms with Crippen LogP contribution in [-0.4, -0.2) is 49.7 Å². The van der Waals surface area contributed by atoms with E-state index in [4.69, 9.17) is 4.42 Å². The lowest BCUT2D eigenvalue weighted by molar-refractivity contribution is -0.127. The fourth-order valence-corrected chi connectivity index (χ4v) is 4.89. The lowest BCUT2D eigenvalue weighted by atomic mass is 10.1. The van der Waals surface area contributed by atoms with Crippen molar-refractivity contribution in [1.82, 2.24) is 9.21 Å². The van der Waals surface area contributed by atoms with Crippen LogP contribution in [0.15, 0.2) is 70.0 Å². The number of aryl methyl sites for hydroxylation is 1. The van der Waals surface area contributed by atoms with E-state index in [1.54, 1.807) is 29.2 Å². The van der Waals surface area contributed by atoms with Crippen LogP contribution in [0.3, 0.4) is 0 Å². The molecule has 2 aromatic carbocycles. The molecule has 0 bridgehead atoms. The summed E-state index contributed by atoms with van der Waals surface area (Å²) in [7, 11) is -3.59. The third kappa shape index (κ3) is 4.11. The van der Waals surface area contributed by atoms with Crippen LogP contribution in [0.25, 0.3) is 16.8 Å². The molecule has 1 amide bonds. The molecular weight excluding hydrogens is 388 g/mol. The molecule has 1 saturated heterocycles. The summed E-state index contributed by atoms with van der Waals surface area (Å²) in [6.07, 6.45) is 3.10. The molecule has 1 aromatic heterocycles. The van der Waals surface area contributed by atoms with Gasteiger partial charge in [0.1, 0.15) is 11.5 Å². The summed E-state index contributed by atoms with van der Waals surface area (Å²) in [5.74, 6) is 1.25. The third-order valence-electron chi connectivity index (χ3n) is 5.06. The number of carbonyl (C=O) groups is 1. The fraction of sp³-hybridized carbons (Fsp3) is 0.227. The number of fused-ring (bicyclic) bond motifs is 1. The summed E-state index contributed by atoms with van der Waals surface area (Å²) < 4.78 is 32.9. The van der Waals surface area contributed by atoms with Crippen molar-refractivity contribution in [3.05, 3.63) is 72.2 Å². The summed E-state index contributed by atoms with van der Waals surface area (Å²) in [5.41, 5.74) is 0. The molecule has 0 radical (unpaired) electrons. The molecule has 6 nitrogen and oxygen atoms in total. The van der Waals surface area contributed by atoms with E-state index in [0.29, 0.717) is 18.8 Å². The second kappa shape index (κ2) is 7.85. The summed E-state index contributed by atoms with van der Waals surface area (Å²) in [6, 6.07) is 16.5. The van der Waals surface area contributed by atoms with Crippen LogP contribution in [0.5, 0.6) is 0 Å². The standard InChI is InChI=1S/C22H22N2O4S/c1-17-6-8-20(28-17)9-11-22(25)23-12-14-24(15-13-23)29(26,27)21-10-7-18-4-2-3-5-19(18)16-21/h2-11,16H,12-15H2,1H3/b11-9-. The number of hydrogen-bond donors (Lipinski definition) is 0. The van der Waals surface area contributed by atoms with E-state index < -0.39 is 10.0 Å². The highest BCUT2D eigenvalue weighted by Crippen LogP contribution is 2.23. The van der Waals surface area contributed by atoms with Crippen LogP contribution >= 0.6 is 0 Å². The van der Waals surface area contributed by atoms with E-state index in [-0.39, 0.29) is 23.9 Å². The van der Waals surface area contributed by atoms with E-state index in [0.717, 1.165) is 16.5 Å². The largest absolute Gasteiger partial charge is 0.462 e. The van der Waals surface area contributed by atoms with Crippen LogP contribution in [0.2, 0.25) is 0 Å². The number of sulfonamides is 1. The molecule has 3 aromatic rings. The fourth-order valence-electron chi connectivity index (χ4n) is 3.43. The van der Waals surface area contributed by atoms with Crippen molar-refractivity contribution in [2.45, 2.75) is 11.8 Å². The second-order valence-electron chi connectivity index (χ2n) is 7.02. The molecule has 29 heavy (non-hydrogen) atoms. The molecule has 7 heteroatoms. The Morgan fingerprint density at radius 3 is 2.38 bits per heavy atom. The van der Waals surface area contributed by atoms with E-state index in [1.807, 2.05) is 43.3 Å². The van der Waals surface area contributed by atoms with Crippen LogP contribution in [0.4, 0.5) is 0 Å². The number of amides is 1. The van der Waals surface area contributed by atoms with Gasteiger partial charge >= 0.3 is 0 Å². The van der Waals surface area contributed by atoms with E-state index in [9.17, 15) is 13.2 Å². The molecule has 1 aliphatic heterocycles. The SMILES string of the molecule is Cc1ccc(/C=C\C(=O)N2CCN(S(=O)(=O)c3ccc4ccccc4c3)CC2)o1. The first-order chi connectivity index (χ1) is 13.9.